The summed E-state index contributed by atoms with van der Waals surface area (Å²) in [5.74, 6) is -3.08. The largest absolute Gasteiger partial charge is 0.509 e. The molecule has 0 aliphatic carbocycles. The number of fused-ring (bicyclic) bond motifs is 1. The van der Waals surface area contributed by atoms with Crippen molar-refractivity contribution in [3.63, 3.8) is 0 Å². The van der Waals surface area contributed by atoms with E-state index < -0.39 is 57.5 Å². The Kier molecular flexibility index (Phi) is 4.84. The number of esters is 1. The number of nitrogens with zero attached hydrogens (tertiary/aromatic N) is 4. The maximum Gasteiger partial charge on any atom is 0.358 e. The van der Waals surface area contributed by atoms with Crippen LogP contribution in [0.2, 0.25) is 0 Å². The van der Waals surface area contributed by atoms with E-state index in [1.807, 2.05) is 0 Å². The van der Waals surface area contributed by atoms with Gasteiger partial charge in [0, 0.05) is 0 Å². The van der Waals surface area contributed by atoms with Gasteiger partial charge in [-0.2, -0.15) is 0 Å². The summed E-state index contributed by atoms with van der Waals surface area (Å²) in [6, 6.07) is 6.27. The molecule has 0 aromatic heterocycles. The number of benzene rings is 1. The normalized spacial score (nSPS) is 29.6. The van der Waals surface area contributed by atoms with E-state index >= 15 is 0 Å². The number of hydrogen-bond acceptors (Lipinski definition) is 8. The van der Waals surface area contributed by atoms with Crippen LogP contribution in [0.1, 0.15) is 25.5 Å². The second-order valence-corrected chi connectivity index (χ2v) is 9.33. The zero-order chi connectivity index (χ0) is 22.7. The molecule has 4 rings (SSSR count). The van der Waals surface area contributed by atoms with Crippen molar-refractivity contribution >= 4 is 28.6 Å². The molecule has 0 bridgehead atoms. The first-order chi connectivity index (χ1) is 14.7. The minimum atomic E-state index is -1.79. The number of methoxy groups -OCH3 is 1. The summed E-state index contributed by atoms with van der Waals surface area (Å²) in [6.07, 6.45) is 0. The molecule has 3 aliphatic rings. The van der Waals surface area contributed by atoms with Crippen LogP contribution in [0.5, 0.6) is 0 Å². The molecule has 164 valence electrons. The van der Waals surface area contributed by atoms with Gasteiger partial charge in [-0.1, -0.05) is 30.3 Å². The number of aliphatic hydroxyl groups excluding tert-OH is 1. The highest BCUT2D eigenvalue weighted by atomic mass is 32.2. The van der Waals surface area contributed by atoms with Gasteiger partial charge < -0.3 is 14.7 Å². The number of ether oxygens (including phenoxy) is 1. The van der Waals surface area contributed by atoms with E-state index in [0.29, 0.717) is 5.56 Å². The Morgan fingerprint density at radius 2 is 1.87 bits per heavy atom. The number of carbonyl (C=O) groups excluding carboxylic acids is 3. The van der Waals surface area contributed by atoms with E-state index in [2.05, 4.69) is 10.0 Å². The zero-order valence-corrected chi connectivity index (χ0v) is 17.7. The topological polar surface area (TPSA) is 137 Å². The van der Waals surface area contributed by atoms with Crippen molar-refractivity contribution in [1.82, 2.24) is 14.8 Å². The fraction of sp³-hybridized carbons (Fsp3) is 0.421. The van der Waals surface area contributed by atoms with Crippen molar-refractivity contribution in [2.45, 2.75) is 37.0 Å². The first kappa shape index (κ1) is 21.0. The summed E-state index contributed by atoms with van der Waals surface area (Å²) in [6.45, 7) is 3.12. The van der Waals surface area contributed by atoms with Crippen LogP contribution in [0.25, 0.3) is 0 Å². The molecule has 12 heteroatoms. The highest BCUT2D eigenvalue weighted by Gasteiger charge is 2.66. The molecular formula is C19H20N4O7S. The number of nitroso groups, excluding NO2 is 1. The number of β-lactam (4-membered cyclic amide) rings is 1. The summed E-state index contributed by atoms with van der Waals surface area (Å²) in [7, 11) is -0.700. The molecule has 0 spiro atoms. The Morgan fingerprint density at radius 3 is 2.45 bits per heavy atom. The zero-order valence-electron chi connectivity index (χ0n) is 16.9. The van der Waals surface area contributed by atoms with Crippen molar-refractivity contribution in [2.24, 2.45) is 5.29 Å². The van der Waals surface area contributed by atoms with Gasteiger partial charge in [-0.25, -0.2) is 9.80 Å². The van der Waals surface area contributed by atoms with E-state index in [4.69, 9.17) is 0 Å². The third-order valence-electron chi connectivity index (χ3n) is 5.80. The molecule has 2 amide bonds. The second-order valence-electron chi connectivity index (χ2n) is 7.80. The molecule has 2 saturated heterocycles. The summed E-state index contributed by atoms with van der Waals surface area (Å²) in [4.78, 5) is 52.5. The Bertz CT molecular complexity index is 1040. The van der Waals surface area contributed by atoms with Crippen molar-refractivity contribution < 1.29 is 28.4 Å². The molecule has 0 radical (unpaired) electrons. The lowest BCUT2D eigenvalue weighted by Gasteiger charge is -2.53. The monoisotopic (exact) mass is 448 g/mol. The van der Waals surface area contributed by atoms with Gasteiger partial charge in [-0.15, -0.1) is 4.91 Å². The molecule has 11 nitrogen and oxygen atoms in total. The van der Waals surface area contributed by atoms with E-state index in [9.17, 15) is 28.6 Å². The summed E-state index contributed by atoms with van der Waals surface area (Å²) < 4.78 is 17.4. The van der Waals surface area contributed by atoms with Crippen LogP contribution in [-0.2, 0) is 29.9 Å². The average Bonchev–Trinajstić information content (AvgIpc) is 2.93. The van der Waals surface area contributed by atoms with Gasteiger partial charge in [0.25, 0.3) is 11.8 Å². The third kappa shape index (κ3) is 2.77. The number of hydrogen-bond donors (Lipinski definition) is 1. The molecule has 2 fully saturated rings. The van der Waals surface area contributed by atoms with Crippen molar-refractivity contribution in [3.05, 3.63) is 52.3 Å². The third-order valence-corrected chi connectivity index (χ3v) is 7.37. The van der Waals surface area contributed by atoms with Gasteiger partial charge in [0.05, 0.1) is 28.9 Å². The van der Waals surface area contributed by atoms with Crippen molar-refractivity contribution in [1.29, 1.82) is 0 Å². The Balaban J connectivity index is 1.76. The number of rotatable bonds is 4. The smallest absolute Gasteiger partial charge is 0.358 e. The molecule has 3 aliphatic heterocycles. The van der Waals surface area contributed by atoms with Crippen LogP contribution in [0.3, 0.4) is 0 Å². The van der Waals surface area contributed by atoms with E-state index in [1.54, 1.807) is 44.2 Å². The lowest BCUT2D eigenvalue weighted by molar-refractivity contribution is -0.165. The van der Waals surface area contributed by atoms with E-state index in [-0.39, 0.29) is 11.4 Å². The minimum Gasteiger partial charge on any atom is -0.509 e. The van der Waals surface area contributed by atoms with Crippen molar-refractivity contribution in [2.75, 3.05) is 12.9 Å². The molecule has 0 saturated carbocycles. The number of carbonyl (C=O) groups is 3. The first-order valence-electron chi connectivity index (χ1n) is 9.38. The molecule has 1 aromatic rings. The van der Waals surface area contributed by atoms with E-state index in [1.165, 1.54) is 4.90 Å². The lowest BCUT2D eigenvalue weighted by atomic mass is 9.99. The van der Waals surface area contributed by atoms with Crippen LogP contribution in [0.15, 0.2) is 47.1 Å². The molecule has 1 N–H and O–H groups in total. The predicted molar refractivity (Wildman–Crippen MR) is 107 cm³/mol. The Hall–Kier alpha value is -3.28. The number of aliphatic hydroxyl groups is 1. The second kappa shape index (κ2) is 7.15. The van der Waals surface area contributed by atoms with Crippen molar-refractivity contribution in [3.8, 4) is 0 Å². The predicted octanol–water partition coefficient (Wildman–Crippen LogP) is 0.531. The highest BCUT2D eigenvalue weighted by molar-refractivity contribution is 7.86. The summed E-state index contributed by atoms with van der Waals surface area (Å²) in [5, 5.41) is 13.2. The molecule has 1 unspecified atom stereocenters. The Morgan fingerprint density at radius 1 is 1.23 bits per heavy atom. The summed E-state index contributed by atoms with van der Waals surface area (Å²) in [5.41, 5.74) is -1.18. The molecule has 3 heterocycles. The molecule has 1 aromatic carbocycles. The Labute approximate surface area is 179 Å². The maximum absolute atomic E-state index is 13.5. The van der Waals surface area contributed by atoms with Crippen LogP contribution < -0.4 is 0 Å². The quantitative estimate of drug-likeness (QED) is 0.400. The average molecular weight is 448 g/mol. The summed E-state index contributed by atoms with van der Waals surface area (Å²) >= 11 is 0. The number of amides is 2. The van der Waals surface area contributed by atoms with Gasteiger partial charge in [0.2, 0.25) is 0 Å². The van der Waals surface area contributed by atoms with Crippen LogP contribution in [0.4, 0.5) is 0 Å². The molecular weight excluding hydrogens is 428 g/mol. The van der Waals surface area contributed by atoms with Gasteiger partial charge in [0.15, 0.2) is 11.7 Å². The highest BCUT2D eigenvalue weighted by Crippen LogP contribution is 2.47. The van der Waals surface area contributed by atoms with Crippen LogP contribution in [0, 0.1) is 4.91 Å². The standard InChI is InChI=1S/C19H20N4O7S/c1-19(2)22(16(26)12(23(19)20-28)10-7-5-4-6-8-10)14-15(25)21-13(18(27)30-3)11(24)9-31(29)17(14)21/h4-8,12,14,17,24H,9H2,1-3H3/t12-,14+,17+,31?/m0/s1. The maximum atomic E-state index is 13.5. The van der Waals surface area contributed by atoms with Crippen LogP contribution in [-0.4, -0.2) is 71.8 Å². The van der Waals surface area contributed by atoms with Gasteiger partial charge >= 0.3 is 5.97 Å². The SMILES string of the molecule is COC(=O)C1=C(O)CS(=O)[C@@H]2[C@H](N3C(=O)[C@H](c4ccccc4)N(N=O)C3(C)C)C(=O)N12. The molecule has 4 atom stereocenters. The van der Waals surface area contributed by atoms with Gasteiger partial charge in [-0.05, 0) is 19.4 Å². The first-order valence-corrected chi connectivity index (χ1v) is 10.8. The molecule has 31 heavy (non-hydrogen) atoms. The fourth-order valence-corrected chi connectivity index (χ4v) is 5.95. The lowest BCUT2D eigenvalue weighted by Crippen LogP contribution is -2.76. The van der Waals surface area contributed by atoms with E-state index in [0.717, 1.165) is 17.0 Å². The van der Waals surface area contributed by atoms with Gasteiger partial charge in [0.1, 0.15) is 22.8 Å². The minimum absolute atomic E-state index is 0.365. The fourth-order valence-electron chi connectivity index (χ4n) is 4.40. The van der Waals surface area contributed by atoms with Crippen LogP contribution >= 0.6 is 0 Å². The van der Waals surface area contributed by atoms with Gasteiger partial charge in [-0.3, -0.25) is 18.7 Å².